The SMILES string of the molecule is Nc1cc(Cl)c(Cl)cc1Cl.O=S(=O)(O)O. The summed E-state index contributed by atoms with van der Waals surface area (Å²) in [5.41, 5.74) is 5.86. The quantitative estimate of drug-likeness (QED) is 0.388. The molecule has 0 aliphatic rings. The highest BCUT2D eigenvalue weighted by Crippen LogP contribution is 2.29. The average molecular weight is 295 g/mol. The molecule has 0 aliphatic carbocycles. The van der Waals surface area contributed by atoms with Crippen LogP contribution in [-0.2, 0) is 10.4 Å². The van der Waals surface area contributed by atoms with E-state index in [1.54, 1.807) is 0 Å². The van der Waals surface area contributed by atoms with E-state index in [0.29, 0.717) is 20.8 Å². The molecule has 0 saturated carbocycles. The Bertz CT molecular complexity index is 390. The number of benzene rings is 1. The lowest BCUT2D eigenvalue weighted by Crippen LogP contribution is -1.89. The van der Waals surface area contributed by atoms with Crippen LogP contribution in [0.25, 0.3) is 0 Å². The van der Waals surface area contributed by atoms with E-state index in [9.17, 15) is 0 Å². The van der Waals surface area contributed by atoms with Crippen LogP contribution in [0.4, 0.5) is 5.69 Å². The highest BCUT2D eigenvalue weighted by Gasteiger charge is 2.01. The molecule has 0 atom stereocenters. The minimum atomic E-state index is -4.67. The molecule has 5 nitrogen and oxygen atoms in total. The number of halogens is 3. The third-order valence-electron chi connectivity index (χ3n) is 1.04. The molecule has 1 aromatic rings. The first-order chi connectivity index (χ1) is 6.61. The van der Waals surface area contributed by atoms with Gasteiger partial charge >= 0.3 is 10.4 Å². The van der Waals surface area contributed by atoms with Crippen LogP contribution < -0.4 is 5.73 Å². The van der Waals surface area contributed by atoms with Gasteiger partial charge in [0.2, 0.25) is 0 Å². The van der Waals surface area contributed by atoms with Crippen molar-refractivity contribution in [1.82, 2.24) is 0 Å². The fourth-order valence-electron chi connectivity index (χ4n) is 0.538. The zero-order valence-electron chi connectivity index (χ0n) is 6.99. The highest BCUT2D eigenvalue weighted by molar-refractivity contribution is 7.79. The first kappa shape index (κ1) is 14.8. The minimum absolute atomic E-state index is 0.417. The summed E-state index contributed by atoms with van der Waals surface area (Å²) in [6.07, 6.45) is 0. The second-order valence-corrected chi connectivity index (χ2v) is 4.35. The van der Waals surface area contributed by atoms with Gasteiger partial charge in [-0.15, -0.1) is 0 Å². The standard InChI is InChI=1S/C6H4Cl3N.H2O4S/c7-3-1-5(9)6(10)2-4(3)8;1-5(2,3)4/h1-2H,10H2;(H2,1,2,3,4). The van der Waals surface area contributed by atoms with Crippen molar-refractivity contribution in [2.24, 2.45) is 0 Å². The van der Waals surface area contributed by atoms with Gasteiger partial charge in [-0.25, -0.2) is 0 Å². The van der Waals surface area contributed by atoms with Crippen molar-refractivity contribution in [2.45, 2.75) is 0 Å². The van der Waals surface area contributed by atoms with Gasteiger partial charge in [0, 0.05) is 0 Å². The molecule has 0 spiro atoms. The van der Waals surface area contributed by atoms with Crippen molar-refractivity contribution < 1.29 is 17.5 Å². The fraction of sp³-hybridized carbons (Fsp3) is 0. The second kappa shape index (κ2) is 5.74. The Hall–Kier alpha value is -0.240. The monoisotopic (exact) mass is 293 g/mol. The first-order valence-electron chi connectivity index (χ1n) is 3.21. The van der Waals surface area contributed by atoms with Gasteiger partial charge in [-0.2, -0.15) is 8.42 Å². The highest BCUT2D eigenvalue weighted by atomic mass is 35.5. The number of hydrogen-bond donors (Lipinski definition) is 3. The molecule has 1 rings (SSSR count). The topological polar surface area (TPSA) is 101 Å². The molecule has 0 heterocycles. The van der Waals surface area contributed by atoms with Gasteiger partial charge in [-0.1, -0.05) is 34.8 Å². The average Bonchev–Trinajstić information content (AvgIpc) is 1.98. The summed E-state index contributed by atoms with van der Waals surface area (Å²) in [5, 5.41) is 1.26. The Morgan fingerprint density at radius 3 is 1.67 bits per heavy atom. The molecule has 9 heteroatoms. The predicted octanol–water partition coefficient (Wildman–Crippen LogP) is 2.58. The van der Waals surface area contributed by atoms with Gasteiger partial charge in [0.05, 0.1) is 20.8 Å². The largest absolute Gasteiger partial charge is 0.397 e. The Balaban J connectivity index is 0.000000336. The fourth-order valence-corrected chi connectivity index (χ4v) is 1.09. The summed E-state index contributed by atoms with van der Waals surface area (Å²) in [5.74, 6) is 0. The molecule has 1 aromatic carbocycles. The predicted molar refractivity (Wildman–Crippen MR) is 60.1 cm³/mol. The van der Waals surface area contributed by atoms with Gasteiger partial charge in [0.1, 0.15) is 0 Å². The summed E-state index contributed by atoms with van der Waals surface area (Å²) in [6.45, 7) is 0. The Kier molecular flexibility index (Phi) is 5.65. The van der Waals surface area contributed by atoms with Crippen LogP contribution in [0.1, 0.15) is 0 Å². The maximum absolute atomic E-state index is 8.74. The van der Waals surface area contributed by atoms with Crippen LogP contribution in [0.3, 0.4) is 0 Å². The lowest BCUT2D eigenvalue weighted by Gasteiger charge is -1.99. The van der Waals surface area contributed by atoms with Crippen LogP contribution >= 0.6 is 34.8 Å². The van der Waals surface area contributed by atoms with E-state index in [1.165, 1.54) is 12.1 Å². The number of rotatable bonds is 0. The number of nitrogen functional groups attached to an aromatic ring is 1. The Labute approximate surface area is 101 Å². The van der Waals surface area contributed by atoms with Crippen LogP contribution in [0.2, 0.25) is 15.1 Å². The summed E-state index contributed by atoms with van der Waals surface area (Å²) < 4.78 is 31.6. The van der Waals surface area contributed by atoms with Crippen LogP contribution in [-0.4, -0.2) is 17.5 Å². The van der Waals surface area contributed by atoms with Gasteiger partial charge in [0.15, 0.2) is 0 Å². The smallest absolute Gasteiger partial charge is 0.394 e. The summed E-state index contributed by atoms with van der Waals surface area (Å²) in [4.78, 5) is 0. The molecule has 0 saturated heterocycles. The normalized spacial score (nSPS) is 10.5. The molecule has 4 N–H and O–H groups in total. The number of hydrogen-bond acceptors (Lipinski definition) is 3. The molecule has 86 valence electrons. The third kappa shape index (κ3) is 7.66. The summed E-state index contributed by atoms with van der Waals surface area (Å²) in [7, 11) is -4.67. The van der Waals surface area contributed by atoms with Crippen molar-refractivity contribution in [1.29, 1.82) is 0 Å². The van der Waals surface area contributed by atoms with Crippen LogP contribution in [0.15, 0.2) is 12.1 Å². The van der Waals surface area contributed by atoms with Gasteiger partial charge < -0.3 is 5.73 Å². The van der Waals surface area contributed by atoms with Gasteiger partial charge in [-0.3, -0.25) is 9.11 Å². The molecule has 0 amide bonds. The minimum Gasteiger partial charge on any atom is -0.397 e. The molecule has 0 radical (unpaired) electrons. The zero-order chi connectivity index (χ0) is 12.2. The van der Waals surface area contributed by atoms with E-state index in [1.807, 2.05) is 0 Å². The van der Waals surface area contributed by atoms with Crippen molar-refractivity contribution >= 4 is 50.9 Å². The van der Waals surface area contributed by atoms with Gasteiger partial charge in [-0.05, 0) is 12.1 Å². The van der Waals surface area contributed by atoms with Crippen molar-refractivity contribution in [3.63, 3.8) is 0 Å². The molecule has 0 bridgehead atoms. The van der Waals surface area contributed by atoms with E-state index in [2.05, 4.69) is 0 Å². The molecule has 0 aliphatic heterocycles. The first-order valence-corrected chi connectivity index (χ1v) is 5.74. The molecule has 0 unspecified atom stereocenters. The number of nitrogens with two attached hydrogens (primary N) is 1. The van der Waals surface area contributed by atoms with E-state index in [4.69, 9.17) is 58.1 Å². The van der Waals surface area contributed by atoms with Crippen molar-refractivity contribution in [3.05, 3.63) is 27.2 Å². The molecular weight excluding hydrogens is 288 g/mol. The van der Waals surface area contributed by atoms with Crippen molar-refractivity contribution in [3.8, 4) is 0 Å². The van der Waals surface area contributed by atoms with E-state index in [0.717, 1.165) is 0 Å². The number of anilines is 1. The van der Waals surface area contributed by atoms with Gasteiger partial charge in [0.25, 0.3) is 0 Å². The lowest BCUT2D eigenvalue weighted by atomic mass is 10.3. The summed E-state index contributed by atoms with van der Waals surface area (Å²) >= 11 is 16.8. The second-order valence-electron chi connectivity index (χ2n) is 2.24. The Morgan fingerprint density at radius 2 is 1.33 bits per heavy atom. The third-order valence-corrected chi connectivity index (χ3v) is 2.09. The van der Waals surface area contributed by atoms with Crippen LogP contribution in [0.5, 0.6) is 0 Å². The lowest BCUT2D eigenvalue weighted by molar-refractivity contribution is 0.381. The maximum Gasteiger partial charge on any atom is 0.394 e. The molecule has 0 fully saturated rings. The molecular formula is C6H6Cl3NO4S. The molecule has 0 aromatic heterocycles. The Morgan fingerprint density at radius 1 is 1.00 bits per heavy atom. The van der Waals surface area contributed by atoms with Crippen LogP contribution in [0, 0.1) is 0 Å². The van der Waals surface area contributed by atoms with Crippen molar-refractivity contribution in [2.75, 3.05) is 5.73 Å². The zero-order valence-corrected chi connectivity index (χ0v) is 10.1. The van der Waals surface area contributed by atoms with E-state index in [-0.39, 0.29) is 0 Å². The van der Waals surface area contributed by atoms with E-state index < -0.39 is 10.4 Å². The summed E-state index contributed by atoms with van der Waals surface area (Å²) in [6, 6.07) is 3.03. The van der Waals surface area contributed by atoms with E-state index >= 15 is 0 Å². The maximum atomic E-state index is 8.74. The molecule has 15 heavy (non-hydrogen) atoms.